The highest BCUT2D eigenvalue weighted by Crippen LogP contribution is 2.42. The highest BCUT2D eigenvalue weighted by molar-refractivity contribution is 6.51. The average molecular weight is 472 g/mol. The Kier molecular flexibility index (Phi) is 6.92. The fourth-order valence-corrected chi connectivity index (χ4v) is 4.13. The molecule has 180 valence electrons. The lowest BCUT2D eigenvalue weighted by Crippen LogP contribution is -2.29. The summed E-state index contributed by atoms with van der Waals surface area (Å²) in [6, 6.07) is 22.3. The normalized spacial score (nSPS) is 17.3. The van der Waals surface area contributed by atoms with Crippen molar-refractivity contribution in [2.75, 3.05) is 4.90 Å². The Labute approximate surface area is 205 Å². The molecular formula is C29H29NO5. The lowest BCUT2D eigenvalue weighted by atomic mass is 9.95. The van der Waals surface area contributed by atoms with E-state index >= 15 is 0 Å². The van der Waals surface area contributed by atoms with Gasteiger partial charge in [-0.1, -0.05) is 30.3 Å². The molecule has 0 radical (unpaired) electrons. The Bertz CT molecular complexity index is 1230. The number of carbonyl (C=O) groups is 2. The summed E-state index contributed by atoms with van der Waals surface area (Å²) in [4.78, 5) is 27.9. The van der Waals surface area contributed by atoms with Gasteiger partial charge in [0, 0.05) is 11.3 Å². The van der Waals surface area contributed by atoms with Gasteiger partial charge in [-0.25, -0.2) is 0 Å². The number of benzene rings is 3. The van der Waals surface area contributed by atoms with Crippen molar-refractivity contribution in [3.63, 3.8) is 0 Å². The zero-order valence-electron chi connectivity index (χ0n) is 20.3. The van der Waals surface area contributed by atoms with Crippen LogP contribution in [-0.4, -0.2) is 29.0 Å². The maximum Gasteiger partial charge on any atom is 0.300 e. The number of hydrogen-bond donors (Lipinski definition) is 1. The number of ether oxygens (including phenoxy) is 2. The predicted octanol–water partition coefficient (Wildman–Crippen LogP) is 5.89. The summed E-state index contributed by atoms with van der Waals surface area (Å²) in [6.45, 7) is 7.72. The van der Waals surface area contributed by atoms with E-state index in [0.717, 1.165) is 5.56 Å². The number of hydrogen-bond acceptors (Lipinski definition) is 5. The van der Waals surface area contributed by atoms with Crippen LogP contribution in [0.15, 0.2) is 84.4 Å². The zero-order chi connectivity index (χ0) is 25.1. The van der Waals surface area contributed by atoms with E-state index in [9.17, 15) is 14.7 Å². The van der Waals surface area contributed by atoms with Crippen LogP contribution in [0.3, 0.4) is 0 Å². The van der Waals surface area contributed by atoms with Gasteiger partial charge >= 0.3 is 0 Å². The van der Waals surface area contributed by atoms with Gasteiger partial charge < -0.3 is 14.6 Å². The maximum atomic E-state index is 13.3. The van der Waals surface area contributed by atoms with Crippen LogP contribution in [0.2, 0.25) is 0 Å². The molecule has 1 atom stereocenters. The molecule has 3 aromatic rings. The van der Waals surface area contributed by atoms with E-state index in [1.165, 1.54) is 4.90 Å². The number of Topliss-reactive ketones (excluding diaryl/α,β-unsaturated/α-hetero) is 1. The number of ketones is 1. The fraction of sp³-hybridized carbons (Fsp3) is 0.241. The molecule has 1 saturated heterocycles. The van der Waals surface area contributed by atoms with Crippen LogP contribution in [0.5, 0.6) is 11.5 Å². The highest BCUT2D eigenvalue weighted by atomic mass is 16.5. The minimum atomic E-state index is -0.778. The molecule has 6 heteroatoms. The number of rotatable bonds is 7. The summed E-state index contributed by atoms with van der Waals surface area (Å²) in [5.74, 6) is -0.338. The number of nitrogens with zero attached hydrogens (tertiary/aromatic N) is 1. The molecule has 35 heavy (non-hydrogen) atoms. The second-order valence-corrected chi connectivity index (χ2v) is 8.93. The van der Waals surface area contributed by atoms with E-state index in [2.05, 4.69) is 0 Å². The second-order valence-electron chi connectivity index (χ2n) is 8.93. The lowest BCUT2D eigenvalue weighted by Gasteiger charge is -2.25. The minimum Gasteiger partial charge on any atom is -0.507 e. The molecule has 1 N–H and O–H groups in total. The van der Waals surface area contributed by atoms with Gasteiger partial charge in [-0.05, 0) is 81.8 Å². The van der Waals surface area contributed by atoms with E-state index in [1.54, 1.807) is 48.5 Å². The standard InChI is InChI=1S/C29H29NO5/c1-18(2)34-23-14-10-21(11-15-23)27(31)25-26(20-8-6-5-7-9-20)30(29(33)28(25)32)22-12-16-24(17-13-22)35-19(3)4/h5-19,26,31H,1-4H3/b27-25+. The summed E-state index contributed by atoms with van der Waals surface area (Å²) < 4.78 is 11.4. The van der Waals surface area contributed by atoms with Gasteiger partial charge in [0.25, 0.3) is 11.7 Å². The molecule has 3 aromatic carbocycles. The highest BCUT2D eigenvalue weighted by Gasteiger charge is 2.46. The monoisotopic (exact) mass is 471 g/mol. The Morgan fingerprint density at radius 1 is 0.771 bits per heavy atom. The van der Waals surface area contributed by atoms with Crippen LogP contribution in [0.25, 0.3) is 5.76 Å². The molecule has 4 rings (SSSR count). The Morgan fingerprint density at radius 2 is 1.29 bits per heavy atom. The molecule has 0 aliphatic carbocycles. The molecule has 1 aliphatic heterocycles. The summed E-state index contributed by atoms with van der Waals surface area (Å²) in [7, 11) is 0. The van der Waals surface area contributed by atoms with Crippen molar-refractivity contribution in [2.45, 2.75) is 45.9 Å². The summed E-state index contributed by atoms with van der Waals surface area (Å²) >= 11 is 0. The van der Waals surface area contributed by atoms with Crippen LogP contribution >= 0.6 is 0 Å². The molecular weight excluding hydrogens is 442 g/mol. The summed E-state index contributed by atoms with van der Waals surface area (Å²) in [5.41, 5.74) is 1.73. The first-order valence-corrected chi connectivity index (χ1v) is 11.7. The second kappa shape index (κ2) is 10.1. The van der Waals surface area contributed by atoms with E-state index in [0.29, 0.717) is 22.7 Å². The van der Waals surface area contributed by atoms with Crippen LogP contribution in [0.4, 0.5) is 5.69 Å². The molecule has 1 aliphatic rings. The minimum absolute atomic E-state index is 0.00942. The number of aliphatic hydroxyl groups excluding tert-OH is 1. The largest absolute Gasteiger partial charge is 0.507 e. The molecule has 0 spiro atoms. The zero-order valence-corrected chi connectivity index (χ0v) is 20.3. The summed E-state index contributed by atoms with van der Waals surface area (Å²) in [6.07, 6.45) is 0.0203. The SMILES string of the molecule is CC(C)Oc1ccc(/C(O)=C2\C(=O)C(=O)N(c3ccc(OC(C)C)cc3)C2c2ccccc2)cc1. The van der Waals surface area contributed by atoms with E-state index < -0.39 is 17.7 Å². The maximum absolute atomic E-state index is 13.3. The van der Waals surface area contributed by atoms with E-state index in [4.69, 9.17) is 9.47 Å². The van der Waals surface area contributed by atoms with Gasteiger partial charge in [-0.2, -0.15) is 0 Å². The first kappa shape index (κ1) is 24.1. The van der Waals surface area contributed by atoms with Crippen LogP contribution in [0, 0.1) is 0 Å². The first-order valence-electron chi connectivity index (χ1n) is 11.7. The van der Waals surface area contributed by atoms with Gasteiger partial charge in [0.05, 0.1) is 23.8 Å². The lowest BCUT2D eigenvalue weighted by molar-refractivity contribution is -0.132. The molecule has 0 saturated carbocycles. The fourth-order valence-electron chi connectivity index (χ4n) is 4.13. The van der Waals surface area contributed by atoms with Gasteiger partial charge in [-0.3, -0.25) is 14.5 Å². The van der Waals surface area contributed by atoms with E-state index in [-0.39, 0.29) is 23.5 Å². The van der Waals surface area contributed by atoms with Crippen molar-refractivity contribution in [1.82, 2.24) is 0 Å². The molecule has 6 nitrogen and oxygen atoms in total. The Morgan fingerprint density at radius 3 is 1.80 bits per heavy atom. The molecule has 0 bridgehead atoms. The van der Waals surface area contributed by atoms with Crippen LogP contribution in [-0.2, 0) is 9.59 Å². The van der Waals surface area contributed by atoms with Gasteiger partial charge in [-0.15, -0.1) is 0 Å². The topological polar surface area (TPSA) is 76.1 Å². The quantitative estimate of drug-likeness (QED) is 0.264. The van der Waals surface area contributed by atoms with Crippen molar-refractivity contribution in [3.05, 3.63) is 95.6 Å². The molecule has 1 heterocycles. The van der Waals surface area contributed by atoms with Crippen LogP contribution < -0.4 is 14.4 Å². The van der Waals surface area contributed by atoms with Gasteiger partial charge in [0.15, 0.2) is 0 Å². The van der Waals surface area contributed by atoms with Gasteiger partial charge in [0.1, 0.15) is 17.3 Å². The van der Waals surface area contributed by atoms with Crippen LogP contribution in [0.1, 0.15) is 44.9 Å². The first-order chi connectivity index (χ1) is 16.8. The van der Waals surface area contributed by atoms with Crippen molar-refractivity contribution in [3.8, 4) is 11.5 Å². The van der Waals surface area contributed by atoms with Crippen molar-refractivity contribution in [2.24, 2.45) is 0 Å². The number of carbonyl (C=O) groups excluding carboxylic acids is 2. The van der Waals surface area contributed by atoms with Crippen molar-refractivity contribution in [1.29, 1.82) is 0 Å². The van der Waals surface area contributed by atoms with Crippen molar-refractivity contribution < 1.29 is 24.2 Å². The van der Waals surface area contributed by atoms with E-state index in [1.807, 2.05) is 58.0 Å². The third-order valence-electron chi connectivity index (χ3n) is 5.55. The average Bonchev–Trinajstić information content (AvgIpc) is 3.10. The third kappa shape index (κ3) is 5.06. The predicted molar refractivity (Wildman–Crippen MR) is 136 cm³/mol. The van der Waals surface area contributed by atoms with Gasteiger partial charge in [0.2, 0.25) is 0 Å². The number of anilines is 1. The number of aliphatic hydroxyl groups is 1. The van der Waals surface area contributed by atoms with Crippen molar-refractivity contribution >= 4 is 23.1 Å². The Hall–Kier alpha value is -4.06. The Balaban J connectivity index is 1.79. The smallest absolute Gasteiger partial charge is 0.300 e. The molecule has 1 fully saturated rings. The molecule has 0 aromatic heterocycles. The molecule has 1 amide bonds. The molecule has 1 unspecified atom stereocenters. The number of amides is 1. The third-order valence-corrected chi connectivity index (χ3v) is 5.55. The summed E-state index contributed by atoms with van der Waals surface area (Å²) in [5, 5.41) is 11.2.